The number of hydrogen-bond acceptors (Lipinski definition) is 6. The third kappa shape index (κ3) is 4.57. The van der Waals surface area contributed by atoms with Gasteiger partial charge < -0.3 is 15.1 Å². The van der Waals surface area contributed by atoms with Crippen LogP contribution in [0.1, 0.15) is 29.8 Å². The fourth-order valence-corrected chi connectivity index (χ4v) is 3.14. The molecule has 0 unspecified atom stereocenters. The van der Waals surface area contributed by atoms with Crippen molar-refractivity contribution in [2.75, 3.05) is 11.4 Å². The summed E-state index contributed by atoms with van der Waals surface area (Å²) in [6.45, 7) is 7.13. The van der Waals surface area contributed by atoms with E-state index in [0.717, 1.165) is 0 Å². The van der Waals surface area contributed by atoms with Crippen LogP contribution in [0.5, 0.6) is 11.5 Å². The van der Waals surface area contributed by atoms with Gasteiger partial charge in [-0.1, -0.05) is 49.0 Å². The number of rotatable bonds is 7. The fourth-order valence-electron chi connectivity index (χ4n) is 3.14. The minimum atomic E-state index is -0.494. The van der Waals surface area contributed by atoms with Crippen LogP contribution in [-0.4, -0.2) is 28.4 Å². The molecule has 0 atom stereocenters. The largest absolute Gasteiger partial charge is 0.504 e. The Morgan fingerprint density at radius 3 is 2.19 bits per heavy atom. The van der Waals surface area contributed by atoms with Gasteiger partial charge in [0, 0.05) is 17.7 Å². The minimum Gasteiger partial charge on any atom is -0.504 e. The number of carbonyl (C=O) groups excluding carboxylic acids is 2. The zero-order valence-corrected chi connectivity index (χ0v) is 17.8. The number of nitrogens with zero attached hydrogens (tertiary/aromatic N) is 3. The van der Waals surface area contributed by atoms with E-state index in [2.05, 4.69) is 16.8 Å². The second-order valence-corrected chi connectivity index (χ2v) is 7.04. The quantitative estimate of drug-likeness (QED) is 0.218. The number of anilines is 1. The summed E-state index contributed by atoms with van der Waals surface area (Å²) < 4.78 is 0. The molecule has 0 radical (unpaired) electrons. The highest BCUT2D eigenvalue weighted by Gasteiger charge is 2.24. The topological polar surface area (TPSA) is 103 Å². The van der Waals surface area contributed by atoms with E-state index in [9.17, 15) is 19.8 Å². The van der Waals surface area contributed by atoms with E-state index < -0.39 is 17.4 Å². The molecule has 0 saturated heterocycles. The maximum Gasteiger partial charge on any atom is 0.253 e. The molecule has 3 rings (SSSR count). The summed E-state index contributed by atoms with van der Waals surface area (Å²) in [6.07, 6.45) is 0. The van der Waals surface area contributed by atoms with Gasteiger partial charge in [-0.05, 0) is 38.1 Å². The molecular weight excluding hydrogens is 406 g/mol. The minimum absolute atomic E-state index is 0.0103. The van der Waals surface area contributed by atoms with E-state index in [0.29, 0.717) is 16.8 Å². The molecule has 0 aliphatic rings. The van der Waals surface area contributed by atoms with Crippen molar-refractivity contribution in [2.24, 2.45) is 10.2 Å². The number of amides is 1. The van der Waals surface area contributed by atoms with Crippen molar-refractivity contribution < 1.29 is 19.8 Å². The van der Waals surface area contributed by atoms with Gasteiger partial charge in [-0.2, -0.15) is 0 Å². The highest BCUT2D eigenvalue weighted by Crippen LogP contribution is 2.44. The predicted molar refractivity (Wildman–Crippen MR) is 123 cm³/mol. The number of phenols is 2. The van der Waals surface area contributed by atoms with Gasteiger partial charge in [-0.25, -0.2) is 0 Å². The van der Waals surface area contributed by atoms with Crippen molar-refractivity contribution in [3.63, 3.8) is 0 Å². The summed E-state index contributed by atoms with van der Waals surface area (Å²) in [5.41, 5.74) is 1.62. The molecule has 1 amide bonds. The fraction of sp³-hybridized carbons (Fsp3) is 0.120. The molecule has 7 heteroatoms. The molecule has 0 heterocycles. The molecule has 3 aromatic carbocycles. The van der Waals surface area contributed by atoms with Crippen LogP contribution >= 0.6 is 0 Å². The standard InChI is InChI=1S/C25H23N3O4/c1-4-28(25(32)16(2)3)22-20(14-15-21(29)24(22)31)27-26-19-13-9-8-12-18(19)23(30)17-10-6-5-7-11-17/h5-15,29,31H,2,4H2,1,3H3. The Hall–Kier alpha value is -4.26. The molecule has 0 saturated carbocycles. The van der Waals surface area contributed by atoms with Gasteiger partial charge in [0.15, 0.2) is 17.3 Å². The van der Waals surface area contributed by atoms with Crippen molar-refractivity contribution in [3.05, 3.63) is 90.0 Å². The van der Waals surface area contributed by atoms with Gasteiger partial charge in [-0.15, -0.1) is 10.2 Å². The second-order valence-electron chi connectivity index (χ2n) is 7.04. The van der Waals surface area contributed by atoms with Crippen LogP contribution < -0.4 is 4.90 Å². The Labute approximate surface area is 186 Å². The highest BCUT2D eigenvalue weighted by atomic mass is 16.3. The van der Waals surface area contributed by atoms with E-state index in [-0.39, 0.29) is 29.3 Å². The molecule has 0 spiro atoms. The van der Waals surface area contributed by atoms with Crippen LogP contribution in [-0.2, 0) is 4.79 Å². The Kier molecular flexibility index (Phi) is 6.80. The summed E-state index contributed by atoms with van der Waals surface area (Å²) in [7, 11) is 0. The molecule has 0 fully saturated rings. The summed E-state index contributed by atoms with van der Waals surface area (Å²) in [5, 5.41) is 28.9. The van der Waals surface area contributed by atoms with Crippen LogP contribution in [0.3, 0.4) is 0 Å². The van der Waals surface area contributed by atoms with Crippen molar-refractivity contribution in [1.29, 1.82) is 0 Å². The van der Waals surface area contributed by atoms with Crippen LogP contribution in [0, 0.1) is 0 Å². The Morgan fingerprint density at radius 2 is 1.53 bits per heavy atom. The third-order valence-electron chi connectivity index (χ3n) is 4.76. The zero-order valence-electron chi connectivity index (χ0n) is 17.8. The molecule has 7 nitrogen and oxygen atoms in total. The number of carbonyl (C=O) groups is 2. The van der Waals surface area contributed by atoms with Crippen molar-refractivity contribution in [3.8, 4) is 11.5 Å². The molecule has 32 heavy (non-hydrogen) atoms. The van der Waals surface area contributed by atoms with Crippen LogP contribution in [0.4, 0.5) is 17.1 Å². The number of hydrogen-bond donors (Lipinski definition) is 2. The van der Waals surface area contributed by atoms with E-state index in [1.165, 1.54) is 17.0 Å². The first kappa shape index (κ1) is 22.4. The summed E-state index contributed by atoms with van der Waals surface area (Å²) >= 11 is 0. The van der Waals surface area contributed by atoms with E-state index in [4.69, 9.17) is 0 Å². The van der Waals surface area contributed by atoms with Crippen molar-refractivity contribution in [1.82, 2.24) is 0 Å². The lowest BCUT2D eigenvalue weighted by atomic mass is 10.0. The van der Waals surface area contributed by atoms with Crippen molar-refractivity contribution >= 4 is 28.8 Å². The number of aromatic hydroxyl groups is 2. The Balaban J connectivity index is 2.07. The van der Waals surface area contributed by atoms with Crippen LogP contribution in [0.15, 0.2) is 89.1 Å². The number of likely N-dealkylation sites (N-methyl/N-ethyl adjacent to an activating group) is 1. The molecule has 0 aromatic heterocycles. The van der Waals surface area contributed by atoms with Gasteiger partial charge >= 0.3 is 0 Å². The van der Waals surface area contributed by atoms with E-state index >= 15 is 0 Å². The smallest absolute Gasteiger partial charge is 0.253 e. The van der Waals surface area contributed by atoms with Gasteiger partial charge in [0.05, 0.1) is 11.3 Å². The first-order valence-electron chi connectivity index (χ1n) is 9.98. The first-order valence-corrected chi connectivity index (χ1v) is 9.98. The molecule has 3 aromatic rings. The summed E-state index contributed by atoms with van der Waals surface area (Å²) in [5.74, 6) is -1.52. The van der Waals surface area contributed by atoms with Crippen molar-refractivity contribution in [2.45, 2.75) is 13.8 Å². The Bertz CT molecular complexity index is 1200. The average molecular weight is 429 g/mol. The SMILES string of the molecule is C=C(C)C(=O)N(CC)c1c(N=Nc2ccccc2C(=O)c2ccccc2)ccc(O)c1O. The van der Waals surface area contributed by atoms with Crippen LogP contribution in [0.2, 0.25) is 0 Å². The molecule has 0 aliphatic heterocycles. The number of benzene rings is 3. The predicted octanol–water partition coefficient (Wildman–Crippen LogP) is 5.67. The summed E-state index contributed by atoms with van der Waals surface area (Å²) in [6, 6.07) is 18.3. The molecule has 0 bridgehead atoms. The lowest BCUT2D eigenvalue weighted by Gasteiger charge is -2.23. The first-order chi connectivity index (χ1) is 15.3. The number of ketones is 1. The maximum absolute atomic E-state index is 12.9. The number of phenolic OH excluding ortho intramolecular Hbond substituents is 2. The molecule has 2 N–H and O–H groups in total. The van der Waals surface area contributed by atoms with Gasteiger partial charge in [0.1, 0.15) is 11.4 Å². The van der Waals surface area contributed by atoms with Gasteiger partial charge in [0.25, 0.3) is 5.91 Å². The van der Waals surface area contributed by atoms with E-state index in [1.54, 1.807) is 62.4 Å². The normalized spacial score (nSPS) is 10.8. The van der Waals surface area contributed by atoms with E-state index in [1.807, 2.05) is 6.07 Å². The lowest BCUT2D eigenvalue weighted by Crippen LogP contribution is -2.31. The molecular formula is C25H23N3O4. The Morgan fingerprint density at radius 1 is 0.906 bits per heavy atom. The lowest BCUT2D eigenvalue weighted by molar-refractivity contribution is -0.115. The maximum atomic E-state index is 12.9. The highest BCUT2D eigenvalue weighted by molar-refractivity contribution is 6.12. The van der Waals surface area contributed by atoms with Gasteiger partial charge in [0.2, 0.25) is 0 Å². The summed E-state index contributed by atoms with van der Waals surface area (Å²) in [4.78, 5) is 26.8. The van der Waals surface area contributed by atoms with Gasteiger partial charge in [-0.3, -0.25) is 9.59 Å². The molecule has 0 aliphatic carbocycles. The monoisotopic (exact) mass is 429 g/mol. The molecule has 162 valence electrons. The average Bonchev–Trinajstić information content (AvgIpc) is 2.81. The zero-order chi connectivity index (χ0) is 23.3. The third-order valence-corrected chi connectivity index (χ3v) is 4.76. The van der Waals surface area contributed by atoms with Crippen LogP contribution in [0.25, 0.3) is 0 Å². The second kappa shape index (κ2) is 9.70. The number of azo groups is 1.